The Labute approximate surface area is 90.2 Å². The molecule has 0 aromatic rings. The van der Waals surface area contributed by atoms with Gasteiger partial charge >= 0.3 is 0 Å². The van der Waals surface area contributed by atoms with Gasteiger partial charge in [0.25, 0.3) is 0 Å². The van der Waals surface area contributed by atoms with Crippen molar-refractivity contribution in [1.29, 1.82) is 0 Å². The molecule has 0 bridgehead atoms. The highest BCUT2D eigenvalue weighted by atomic mass is 19.1. The molecule has 2 aliphatic rings. The molecule has 88 valence electrons. The molecule has 0 aromatic heterocycles. The number of hydrogen-bond donors (Lipinski definition) is 0. The van der Waals surface area contributed by atoms with Gasteiger partial charge in [0.05, 0.1) is 6.04 Å². The molecule has 0 aromatic carbocycles. The van der Waals surface area contributed by atoms with Crippen LogP contribution in [0.4, 0.5) is 8.78 Å². The Kier molecular flexibility index (Phi) is 3.26. The van der Waals surface area contributed by atoms with Crippen LogP contribution in [0.3, 0.4) is 0 Å². The van der Waals surface area contributed by atoms with Crippen LogP contribution in [-0.4, -0.2) is 61.9 Å². The summed E-state index contributed by atoms with van der Waals surface area (Å²) in [5, 5.41) is 0. The van der Waals surface area contributed by atoms with Gasteiger partial charge in [-0.2, -0.15) is 0 Å². The van der Waals surface area contributed by atoms with E-state index in [9.17, 15) is 8.78 Å². The predicted octanol–water partition coefficient (Wildman–Crippen LogP) is 1.32. The summed E-state index contributed by atoms with van der Waals surface area (Å²) in [6, 6.07) is -0.480. The molecule has 15 heavy (non-hydrogen) atoms. The zero-order chi connectivity index (χ0) is 10.9. The van der Waals surface area contributed by atoms with Crippen molar-refractivity contribution in [2.45, 2.75) is 19.4 Å². The van der Waals surface area contributed by atoms with Gasteiger partial charge in [0.2, 0.25) is 0 Å². The second kappa shape index (κ2) is 4.34. The summed E-state index contributed by atoms with van der Waals surface area (Å²) >= 11 is 0. The molecule has 1 spiro atoms. The lowest BCUT2D eigenvalue weighted by molar-refractivity contribution is -0.0367. The van der Waals surface area contributed by atoms with E-state index in [-0.39, 0.29) is 0 Å². The summed E-state index contributed by atoms with van der Waals surface area (Å²) in [6.45, 7) is 6.21. The largest absolute Gasteiger partial charge is 0.303 e. The number of hydrogen-bond acceptors (Lipinski definition) is 2. The molecule has 2 nitrogen and oxygen atoms in total. The van der Waals surface area contributed by atoms with Gasteiger partial charge in [0.15, 0.2) is 0 Å². The molecule has 0 radical (unpaired) electrons. The summed E-state index contributed by atoms with van der Waals surface area (Å²) in [7, 11) is 0. The number of nitrogens with zero attached hydrogens (tertiary/aromatic N) is 2. The topological polar surface area (TPSA) is 6.48 Å². The second-order valence-corrected chi connectivity index (χ2v) is 4.99. The van der Waals surface area contributed by atoms with Gasteiger partial charge in [-0.15, -0.1) is 0 Å². The van der Waals surface area contributed by atoms with Crippen LogP contribution in [0.2, 0.25) is 0 Å². The van der Waals surface area contributed by atoms with E-state index in [1.54, 1.807) is 0 Å². The lowest BCUT2D eigenvalue weighted by Gasteiger charge is -2.50. The van der Waals surface area contributed by atoms with Crippen molar-refractivity contribution >= 4 is 0 Å². The smallest absolute Gasteiger partial charge is 0.107 e. The lowest BCUT2D eigenvalue weighted by atomic mass is 9.78. The fourth-order valence-electron chi connectivity index (χ4n) is 2.87. The van der Waals surface area contributed by atoms with Crippen LogP contribution in [0.25, 0.3) is 0 Å². The SMILES string of the molecule is CCN1CCC2(C1)CN(C(CF)CF)C2. The average molecular weight is 218 g/mol. The molecule has 0 N–H and O–H groups in total. The van der Waals surface area contributed by atoms with Crippen molar-refractivity contribution in [3.63, 3.8) is 0 Å². The molecule has 0 amide bonds. The van der Waals surface area contributed by atoms with Crippen molar-refractivity contribution < 1.29 is 8.78 Å². The number of alkyl halides is 2. The van der Waals surface area contributed by atoms with Crippen molar-refractivity contribution in [1.82, 2.24) is 9.80 Å². The van der Waals surface area contributed by atoms with E-state index in [1.807, 2.05) is 4.90 Å². The monoisotopic (exact) mass is 218 g/mol. The predicted molar refractivity (Wildman–Crippen MR) is 56.5 cm³/mol. The zero-order valence-electron chi connectivity index (χ0n) is 9.38. The van der Waals surface area contributed by atoms with E-state index in [0.29, 0.717) is 5.41 Å². The molecule has 2 fully saturated rings. The van der Waals surface area contributed by atoms with Crippen molar-refractivity contribution in [2.24, 2.45) is 5.41 Å². The number of halogens is 2. The van der Waals surface area contributed by atoms with E-state index >= 15 is 0 Å². The van der Waals surface area contributed by atoms with E-state index in [2.05, 4.69) is 11.8 Å². The van der Waals surface area contributed by atoms with E-state index in [4.69, 9.17) is 0 Å². The van der Waals surface area contributed by atoms with Crippen LogP contribution in [0.15, 0.2) is 0 Å². The van der Waals surface area contributed by atoms with Crippen molar-refractivity contribution in [2.75, 3.05) is 46.1 Å². The van der Waals surface area contributed by atoms with Crippen molar-refractivity contribution in [3.8, 4) is 0 Å². The molecular weight excluding hydrogens is 198 g/mol. The van der Waals surface area contributed by atoms with Crippen LogP contribution in [0, 0.1) is 5.41 Å². The third-order valence-corrected chi connectivity index (χ3v) is 3.91. The van der Waals surface area contributed by atoms with Gasteiger partial charge in [-0.1, -0.05) is 6.92 Å². The molecule has 0 unspecified atom stereocenters. The number of rotatable bonds is 4. The minimum atomic E-state index is -0.552. The first-order valence-corrected chi connectivity index (χ1v) is 5.81. The Morgan fingerprint density at radius 2 is 1.87 bits per heavy atom. The Bertz CT molecular complexity index is 213. The van der Waals surface area contributed by atoms with Gasteiger partial charge in [-0.3, -0.25) is 4.90 Å². The van der Waals surface area contributed by atoms with E-state index < -0.39 is 19.4 Å². The third kappa shape index (κ3) is 2.02. The van der Waals surface area contributed by atoms with Crippen LogP contribution < -0.4 is 0 Å². The van der Waals surface area contributed by atoms with Crippen LogP contribution in [-0.2, 0) is 0 Å². The van der Waals surface area contributed by atoms with Crippen molar-refractivity contribution in [3.05, 3.63) is 0 Å². The maximum Gasteiger partial charge on any atom is 0.107 e. The first-order valence-electron chi connectivity index (χ1n) is 5.81. The molecule has 2 rings (SSSR count). The van der Waals surface area contributed by atoms with Gasteiger partial charge in [-0.25, -0.2) is 8.78 Å². The standard InChI is InChI=1S/C11H20F2N2/c1-2-14-4-3-11(7-14)8-15(9-11)10(5-12)6-13/h10H,2-9H2,1H3. The fraction of sp³-hybridized carbons (Fsp3) is 1.00. The van der Waals surface area contributed by atoms with Gasteiger partial charge < -0.3 is 4.90 Å². The van der Waals surface area contributed by atoms with E-state index in [0.717, 1.165) is 32.7 Å². The Morgan fingerprint density at radius 1 is 1.20 bits per heavy atom. The quantitative estimate of drug-likeness (QED) is 0.702. The molecule has 2 saturated heterocycles. The first-order chi connectivity index (χ1) is 7.23. The summed E-state index contributed by atoms with van der Waals surface area (Å²) in [4.78, 5) is 4.39. The maximum atomic E-state index is 12.5. The highest BCUT2D eigenvalue weighted by Crippen LogP contribution is 2.40. The van der Waals surface area contributed by atoms with E-state index in [1.165, 1.54) is 6.42 Å². The van der Waals surface area contributed by atoms with Crippen LogP contribution in [0.5, 0.6) is 0 Å². The van der Waals surface area contributed by atoms with Gasteiger partial charge in [-0.05, 0) is 19.5 Å². The molecular formula is C11H20F2N2. The van der Waals surface area contributed by atoms with Crippen LogP contribution >= 0.6 is 0 Å². The summed E-state index contributed by atoms with van der Waals surface area (Å²) in [5.41, 5.74) is 0.360. The summed E-state index contributed by atoms with van der Waals surface area (Å²) in [5.74, 6) is 0. The second-order valence-electron chi connectivity index (χ2n) is 4.99. The number of likely N-dealkylation sites (tertiary alicyclic amines) is 2. The van der Waals surface area contributed by atoms with Crippen LogP contribution in [0.1, 0.15) is 13.3 Å². The Balaban J connectivity index is 1.82. The minimum Gasteiger partial charge on any atom is -0.303 e. The zero-order valence-corrected chi connectivity index (χ0v) is 9.38. The lowest BCUT2D eigenvalue weighted by Crippen LogP contribution is -2.61. The highest BCUT2D eigenvalue weighted by Gasteiger charge is 2.48. The molecule has 2 heterocycles. The molecule has 0 aliphatic carbocycles. The molecule has 2 aliphatic heterocycles. The third-order valence-electron chi connectivity index (χ3n) is 3.91. The summed E-state index contributed by atoms with van der Waals surface area (Å²) < 4.78 is 24.9. The highest BCUT2D eigenvalue weighted by molar-refractivity contribution is 5.02. The van der Waals surface area contributed by atoms with Gasteiger partial charge in [0, 0.05) is 25.0 Å². The minimum absolute atomic E-state index is 0.360. The Morgan fingerprint density at radius 3 is 2.33 bits per heavy atom. The van der Waals surface area contributed by atoms with Gasteiger partial charge in [0.1, 0.15) is 13.3 Å². The Hall–Kier alpha value is -0.220. The molecule has 4 heteroatoms. The summed E-state index contributed by atoms with van der Waals surface area (Å²) in [6.07, 6.45) is 1.20. The molecule has 0 saturated carbocycles. The molecule has 0 atom stereocenters. The first kappa shape index (κ1) is 11.3. The fourth-order valence-corrected chi connectivity index (χ4v) is 2.87. The normalized spacial score (nSPS) is 26.4. The maximum absolute atomic E-state index is 12.5. The average Bonchev–Trinajstić information content (AvgIpc) is 2.63.